The fourth-order valence-corrected chi connectivity index (χ4v) is 2.29. The Morgan fingerprint density at radius 3 is 2.67 bits per heavy atom. The fourth-order valence-electron chi connectivity index (χ4n) is 2.29. The summed E-state index contributed by atoms with van der Waals surface area (Å²) in [5.74, 6) is -1.13. The lowest BCUT2D eigenvalue weighted by Crippen LogP contribution is -2.34. The number of aromatic nitrogens is 1. The maximum absolute atomic E-state index is 12.2. The Kier molecular flexibility index (Phi) is 3.32. The van der Waals surface area contributed by atoms with Gasteiger partial charge in [-0.15, -0.1) is 0 Å². The minimum Gasteiger partial charge on any atom is -0.478 e. The number of pyridine rings is 1. The Labute approximate surface area is 105 Å². The molecule has 5 heteroatoms. The second kappa shape index (κ2) is 4.76. The lowest BCUT2D eigenvalue weighted by molar-refractivity contribution is 0.0690. The van der Waals surface area contributed by atoms with E-state index >= 15 is 0 Å². The standard InChI is InChI=1S/C13H16N2O3/c1-8-4-3-7-15(8)12(16)11-6-5-10(13(17)18)9(2)14-11/h5-6,8H,3-4,7H2,1-2H3,(H,17,18). The van der Waals surface area contributed by atoms with E-state index in [2.05, 4.69) is 4.98 Å². The highest BCUT2D eigenvalue weighted by atomic mass is 16.4. The summed E-state index contributed by atoms with van der Waals surface area (Å²) in [4.78, 5) is 29.0. The summed E-state index contributed by atoms with van der Waals surface area (Å²) < 4.78 is 0. The summed E-state index contributed by atoms with van der Waals surface area (Å²) >= 11 is 0. The van der Waals surface area contributed by atoms with Crippen LogP contribution in [0.15, 0.2) is 12.1 Å². The van der Waals surface area contributed by atoms with Crippen LogP contribution in [0.25, 0.3) is 0 Å². The van der Waals surface area contributed by atoms with Gasteiger partial charge in [-0.3, -0.25) is 4.79 Å². The third-order valence-corrected chi connectivity index (χ3v) is 3.35. The Morgan fingerprint density at radius 2 is 2.17 bits per heavy atom. The predicted molar refractivity (Wildman–Crippen MR) is 65.7 cm³/mol. The number of hydrogen-bond acceptors (Lipinski definition) is 3. The van der Waals surface area contributed by atoms with Gasteiger partial charge in [-0.05, 0) is 38.8 Å². The third kappa shape index (κ3) is 2.20. The van der Waals surface area contributed by atoms with Crippen molar-refractivity contribution >= 4 is 11.9 Å². The molecular weight excluding hydrogens is 232 g/mol. The number of aryl methyl sites for hydroxylation is 1. The number of nitrogens with zero attached hydrogens (tertiary/aromatic N) is 2. The highest BCUT2D eigenvalue weighted by molar-refractivity contribution is 5.94. The molecule has 5 nitrogen and oxygen atoms in total. The second-order valence-electron chi connectivity index (χ2n) is 4.62. The van der Waals surface area contributed by atoms with Crippen molar-refractivity contribution in [3.8, 4) is 0 Å². The number of carboxylic acid groups (broad SMARTS) is 1. The van der Waals surface area contributed by atoms with E-state index in [1.807, 2.05) is 6.92 Å². The van der Waals surface area contributed by atoms with Crippen LogP contribution in [0.4, 0.5) is 0 Å². The third-order valence-electron chi connectivity index (χ3n) is 3.35. The van der Waals surface area contributed by atoms with E-state index in [1.54, 1.807) is 11.8 Å². The molecule has 1 aliphatic rings. The highest BCUT2D eigenvalue weighted by Crippen LogP contribution is 2.19. The molecule has 1 fully saturated rings. The molecule has 0 aromatic carbocycles. The van der Waals surface area contributed by atoms with Crippen LogP contribution in [-0.4, -0.2) is 39.5 Å². The fraction of sp³-hybridized carbons (Fsp3) is 0.462. The zero-order valence-corrected chi connectivity index (χ0v) is 10.5. The highest BCUT2D eigenvalue weighted by Gasteiger charge is 2.27. The van der Waals surface area contributed by atoms with Crippen LogP contribution in [0, 0.1) is 6.92 Å². The Bertz CT molecular complexity index is 499. The molecule has 0 radical (unpaired) electrons. The number of hydrogen-bond donors (Lipinski definition) is 1. The molecule has 1 amide bonds. The number of aromatic carboxylic acids is 1. The molecule has 1 unspecified atom stereocenters. The van der Waals surface area contributed by atoms with Crippen LogP contribution >= 0.6 is 0 Å². The second-order valence-corrected chi connectivity index (χ2v) is 4.62. The first-order valence-electron chi connectivity index (χ1n) is 6.02. The van der Waals surface area contributed by atoms with Gasteiger partial charge in [-0.1, -0.05) is 0 Å². The van der Waals surface area contributed by atoms with Gasteiger partial charge in [0.2, 0.25) is 0 Å². The lowest BCUT2D eigenvalue weighted by Gasteiger charge is -2.21. The SMILES string of the molecule is Cc1nc(C(=O)N2CCCC2C)ccc1C(=O)O. The van der Waals surface area contributed by atoms with Crippen LogP contribution < -0.4 is 0 Å². The van der Waals surface area contributed by atoms with Crippen molar-refractivity contribution in [1.82, 2.24) is 9.88 Å². The molecule has 0 bridgehead atoms. The van der Waals surface area contributed by atoms with Gasteiger partial charge in [-0.25, -0.2) is 9.78 Å². The summed E-state index contributed by atoms with van der Waals surface area (Å²) in [6.45, 7) is 4.37. The number of amides is 1. The van der Waals surface area contributed by atoms with Gasteiger partial charge in [0.1, 0.15) is 5.69 Å². The molecule has 1 aliphatic heterocycles. The monoisotopic (exact) mass is 248 g/mol. The molecule has 1 aromatic heterocycles. The molecule has 2 heterocycles. The van der Waals surface area contributed by atoms with Gasteiger partial charge in [0.15, 0.2) is 0 Å². The quantitative estimate of drug-likeness (QED) is 0.865. The molecule has 0 saturated carbocycles. The maximum Gasteiger partial charge on any atom is 0.337 e. The van der Waals surface area contributed by atoms with Crippen molar-refractivity contribution in [2.45, 2.75) is 32.7 Å². The minimum absolute atomic E-state index is 0.111. The first kappa shape index (κ1) is 12.5. The largest absolute Gasteiger partial charge is 0.478 e. The van der Waals surface area contributed by atoms with Crippen molar-refractivity contribution in [3.63, 3.8) is 0 Å². The van der Waals surface area contributed by atoms with Crippen LogP contribution in [0.1, 0.15) is 46.3 Å². The van der Waals surface area contributed by atoms with Crippen LogP contribution in [0.5, 0.6) is 0 Å². The van der Waals surface area contributed by atoms with E-state index in [0.29, 0.717) is 11.4 Å². The smallest absolute Gasteiger partial charge is 0.337 e. The van der Waals surface area contributed by atoms with Crippen LogP contribution in [-0.2, 0) is 0 Å². The van der Waals surface area contributed by atoms with Crippen molar-refractivity contribution < 1.29 is 14.7 Å². The number of carbonyl (C=O) groups excluding carboxylic acids is 1. The van der Waals surface area contributed by atoms with Crippen LogP contribution in [0.3, 0.4) is 0 Å². The van der Waals surface area contributed by atoms with Crippen molar-refractivity contribution in [2.75, 3.05) is 6.54 Å². The average Bonchev–Trinajstić information content (AvgIpc) is 2.74. The first-order chi connectivity index (χ1) is 8.50. The summed E-state index contributed by atoms with van der Waals surface area (Å²) in [5, 5.41) is 8.91. The summed E-state index contributed by atoms with van der Waals surface area (Å²) in [6, 6.07) is 3.17. The Morgan fingerprint density at radius 1 is 1.44 bits per heavy atom. The van der Waals surface area contributed by atoms with E-state index in [-0.39, 0.29) is 17.5 Å². The van der Waals surface area contributed by atoms with Gasteiger partial charge in [0.05, 0.1) is 11.3 Å². The van der Waals surface area contributed by atoms with Gasteiger partial charge in [-0.2, -0.15) is 0 Å². The van der Waals surface area contributed by atoms with E-state index in [0.717, 1.165) is 19.4 Å². The summed E-state index contributed by atoms with van der Waals surface area (Å²) in [6.07, 6.45) is 2.02. The van der Waals surface area contributed by atoms with Gasteiger partial charge in [0.25, 0.3) is 5.91 Å². The summed E-state index contributed by atoms with van der Waals surface area (Å²) in [7, 11) is 0. The molecule has 96 valence electrons. The molecule has 1 aromatic rings. The Balaban J connectivity index is 2.26. The van der Waals surface area contributed by atoms with E-state index < -0.39 is 5.97 Å². The number of rotatable bonds is 2. The molecule has 0 spiro atoms. The van der Waals surface area contributed by atoms with E-state index in [4.69, 9.17) is 5.11 Å². The average molecular weight is 248 g/mol. The van der Waals surface area contributed by atoms with Gasteiger partial charge < -0.3 is 10.0 Å². The Hall–Kier alpha value is -1.91. The predicted octanol–water partition coefficient (Wildman–Crippen LogP) is 1.71. The molecular formula is C13H16N2O3. The van der Waals surface area contributed by atoms with Gasteiger partial charge >= 0.3 is 5.97 Å². The normalized spacial score (nSPS) is 19.0. The number of carboxylic acids is 1. The minimum atomic E-state index is -1.02. The molecule has 0 aliphatic carbocycles. The van der Waals surface area contributed by atoms with E-state index in [9.17, 15) is 9.59 Å². The maximum atomic E-state index is 12.2. The molecule has 1 saturated heterocycles. The van der Waals surface area contributed by atoms with Crippen molar-refractivity contribution in [1.29, 1.82) is 0 Å². The van der Waals surface area contributed by atoms with E-state index in [1.165, 1.54) is 12.1 Å². The number of likely N-dealkylation sites (tertiary alicyclic amines) is 1. The van der Waals surface area contributed by atoms with Crippen molar-refractivity contribution in [3.05, 3.63) is 29.1 Å². The molecule has 1 N–H and O–H groups in total. The topological polar surface area (TPSA) is 70.5 Å². The summed E-state index contributed by atoms with van der Waals surface area (Å²) in [5.41, 5.74) is 0.840. The first-order valence-corrected chi connectivity index (χ1v) is 6.02. The van der Waals surface area contributed by atoms with Crippen LogP contribution in [0.2, 0.25) is 0 Å². The molecule has 1 atom stereocenters. The zero-order chi connectivity index (χ0) is 13.3. The zero-order valence-electron chi connectivity index (χ0n) is 10.5. The molecule has 18 heavy (non-hydrogen) atoms. The lowest BCUT2D eigenvalue weighted by atomic mass is 10.1. The van der Waals surface area contributed by atoms with Crippen molar-refractivity contribution in [2.24, 2.45) is 0 Å². The van der Waals surface area contributed by atoms with Gasteiger partial charge in [0, 0.05) is 12.6 Å². The number of carbonyl (C=O) groups is 2. The molecule has 2 rings (SSSR count).